The van der Waals surface area contributed by atoms with E-state index in [2.05, 4.69) is 5.32 Å². The Morgan fingerprint density at radius 1 is 1.38 bits per heavy atom. The van der Waals surface area contributed by atoms with Gasteiger partial charge in [0.05, 0.1) is 5.92 Å². The largest absolute Gasteiger partial charge is 0.508 e. The average Bonchev–Trinajstić information content (AvgIpc) is 2.45. The lowest BCUT2D eigenvalue weighted by Gasteiger charge is -2.35. The van der Waals surface area contributed by atoms with Gasteiger partial charge in [-0.1, -0.05) is 6.07 Å². The highest BCUT2D eigenvalue weighted by Gasteiger charge is 2.41. The van der Waals surface area contributed by atoms with Gasteiger partial charge < -0.3 is 15.3 Å². The van der Waals surface area contributed by atoms with Crippen LogP contribution in [-0.4, -0.2) is 31.4 Å². The second-order valence-electron chi connectivity index (χ2n) is 5.58. The van der Waals surface area contributed by atoms with Crippen molar-refractivity contribution >= 4 is 5.69 Å². The number of nitrogens with zero attached hydrogens (tertiary/aromatic N) is 1. The number of hydrogen-bond acceptors (Lipinski definition) is 3. The number of aromatic hydroxyl groups is 1. The molecule has 3 nitrogen and oxygen atoms in total. The Labute approximate surface area is 122 Å². The van der Waals surface area contributed by atoms with Crippen molar-refractivity contribution in [2.75, 3.05) is 25.0 Å². The normalized spacial score (nSPS) is 21.4. The van der Waals surface area contributed by atoms with E-state index in [1.54, 1.807) is 30.1 Å². The summed E-state index contributed by atoms with van der Waals surface area (Å²) >= 11 is 0. The zero-order valence-electron chi connectivity index (χ0n) is 12.2. The van der Waals surface area contributed by atoms with Crippen LogP contribution in [0.4, 0.5) is 18.9 Å². The quantitative estimate of drug-likeness (QED) is 0.897. The van der Waals surface area contributed by atoms with Crippen molar-refractivity contribution in [1.29, 1.82) is 0 Å². The lowest BCUT2D eigenvalue weighted by molar-refractivity contribution is -0.175. The van der Waals surface area contributed by atoms with Crippen LogP contribution in [0.15, 0.2) is 18.2 Å². The van der Waals surface area contributed by atoms with Gasteiger partial charge in [-0.3, -0.25) is 0 Å². The zero-order valence-corrected chi connectivity index (χ0v) is 12.2. The number of hydrogen-bond donors (Lipinski definition) is 2. The van der Waals surface area contributed by atoms with Crippen LogP contribution in [0, 0.1) is 5.92 Å². The molecule has 0 spiro atoms. The standard InChI is InChI=1S/C15H21F3N2O/c1-10(19-2)13-6-5-12(8-14(13)21)20-7-3-4-11(9-20)15(16,17)18/h5-6,8,10-11,19,21H,3-4,7,9H2,1-2H3. The summed E-state index contributed by atoms with van der Waals surface area (Å²) in [5.74, 6) is -1.17. The molecule has 0 amide bonds. The second-order valence-corrected chi connectivity index (χ2v) is 5.58. The third-order valence-electron chi connectivity index (χ3n) is 4.16. The Hall–Kier alpha value is -1.43. The van der Waals surface area contributed by atoms with Crippen LogP contribution in [0.1, 0.15) is 31.4 Å². The van der Waals surface area contributed by atoms with E-state index in [4.69, 9.17) is 0 Å². The van der Waals surface area contributed by atoms with Crippen LogP contribution in [0.5, 0.6) is 5.75 Å². The molecule has 1 heterocycles. The van der Waals surface area contributed by atoms with E-state index in [1.165, 1.54) is 0 Å². The summed E-state index contributed by atoms with van der Waals surface area (Å²) in [5, 5.41) is 13.1. The highest BCUT2D eigenvalue weighted by molar-refractivity contribution is 5.54. The van der Waals surface area contributed by atoms with Crippen molar-refractivity contribution in [3.63, 3.8) is 0 Å². The predicted molar refractivity (Wildman–Crippen MR) is 76.6 cm³/mol. The summed E-state index contributed by atoms with van der Waals surface area (Å²) in [6.07, 6.45) is -3.46. The van der Waals surface area contributed by atoms with Crippen molar-refractivity contribution in [2.45, 2.75) is 32.0 Å². The fourth-order valence-corrected chi connectivity index (χ4v) is 2.73. The topological polar surface area (TPSA) is 35.5 Å². The maximum absolute atomic E-state index is 12.8. The van der Waals surface area contributed by atoms with Crippen molar-refractivity contribution in [2.24, 2.45) is 5.92 Å². The molecule has 0 aliphatic carbocycles. The number of piperidine rings is 1. The van der Waals surface area contributed by atoms with Crippen molar-refractivity contribution in [3.8, 4) is 5.75 Å². The first-order valence-electron chi connectivity index (χ1n) is 7.14. The van der Waals surface area contributed by atoms with Gasteiger partial charge in [-0.05, 0) is 32.9 Å². The van der Waals surface area contributed by atoms with E-state index in [1.807, 2.05) is 6.92 Å². The minimum absolute atomic E-state index is 0.0108. The second kappa shape index (κ2) is 6.13. The number of phenolic OH excluding ortho intramolecular Hbond substituents is 1. The summed E-state index contributed by atoms with van der Waals surface area (Å²) in [6, 6.07) is 5.09. The molecule has 1 aliphatic rings. The Morgan fingerprint density at radius 2 is 2.10 bits per heavy atom. The number of phenols is 1. The molecule has 6 heteroatoms. The van der Waals surface area contributed by atoms with Crippen LogP contribution in [0.2, 0.25) is 0 Å². The minimum Gasteiger partial charge on any atom is -0.508 e. The van der Waals surface area contributed by atoms with E-state index in [-0.39, 0.29) is 24.8 Å². The lowest BCUT2D eigenvalue weighted by atomic mass is 9.96. The number of anilines is 1. The Balaban J connectivity index is 2.17. The van der Waals surface area contributed by atoms with Gasteiger partial charge >= 0.3 is 6.18 Å². The van der Waals surface area contributed by atoms with Gasteiger partial charge in [0.2, 0.25) is 0 Å². The fraction of sp³-hybridized carbons (Fsp3) is 0.600. The monoisotopic (exact) mass is 302 g/mol. The highest BCUT2D eigenvalue weighted by Crippen LogP contribution is 2.36. The molecule has 21 heavy (non-hydrogen) atoms. The molecule has 0 aromatic heterocycles. The molecular formula is C15H21F3N2O. The predicted octanol–water partition coefficient (Wildman–Crippen LogP) is 3.45. The van der Waals surface area contributed by atoms with Gasteiger partial charge in [0.25, 0.3) is 0 Å². The average molecular weight is 302 g/mol. The van der Waals surface area contributed by atoms with E-state index < -0.39 is 12.1 Å². The molecule has 1 fully saturated rings. The third kappa shape index (κ3) is 3.61. The van der Waals surface area contributed by atoms with E-state index in [0.717, 1.165) is 5.56 Å². The molecule has 2 unspecified atom stereocenters. The molecule has 0 saturated carbocycles. The Morgan fingerprint density at radius 3 is 2.67 bits per heavy atom. The summed E-state index contributed by atoms with van der Waals surface area (Å²) in [5.41, 5.74) is 1.39. The first-order valence-corrected chi connectivity index (χ1v) is 7.14. The SMILES string of the molecule is CNC(C)c1ccc(N2CCCC(C(F)(F)F)C2)cc1O. The minimum atomic E-state index is -4.15. The Bertz CT molecular complexity index is 490. The van der Waals surface area contributed by atoms with Crippen LogP contribution >= 0.6 is 0 Å². The summed E-state index contributed by atoms with van der Waals surface area (Å²) in [7, 11) is 1.79. The lowest BCUT2D eigenvalue weighted by Crippen LogP contribution is -2.41. The van der Waals surface area contributed by atoms with Crippen LogP contribution in [-0.2, 0) is 0 Å². The first-order chi connectivity index (χ1) is 9.82. The molecule has 2 N–H and O–H groups in total. The molecule has 0 radical (unpaired) electrons. The van der Waals surface area contributed by atoms with E-state index in [9.17, 15) is 18.3 Å². The number of alkyl halides is 3. The highest BCUT2D eigenvalue weighted by atomic mass is 19.4. The molecule has 1 saturated heterocycles. The van der Waals surface area contributed by atoms with Crippen molar-refractivity contribution < 1.29 is 18.3 Å². The van der Waals surface area contributed by atoms with Gasteiger partial charge in [0, 0.05) is 36.4 Å². The summed E-state index contributed by atoms with van der Waals surface area (Å²) in [6.45, 7) is 2.46. The zero-order chi connectivity index (χ0) is 15.6. The van der Waals surface area contributed by atoms with E-state index >= 15 is 0 Å². The summed E-state index contributed by atoms with van der Waals surface area (Å²) in [4.78, 5) is 1.70. The van der Waals surface area contributed by atoms with Crippen molar-refractivity contribution in [3.05, 3.63) is 23.8 Å². The van der Waals surface area contributed by atoms with Gasteiger partial charge in [-0.15, -0.1) is 0 Å². The molecule has 1 aromatic carbocycles. The number of benzene rings is 1. The maximum Gasteiger partial charge on any atom is 0.393 e. The molecule has 1 aromatic rings. The van der Waals surface area contributed by atoms with Gasteiger partial charge in [0.15, 0.2) is 0 Å². The van der Waals surface area contributed by atoms with Crippen molar-refractivity contribution in [1.82, 2.24) is 5.32 Å². The number of nitrogens with one attached hydrogen (secondary N) is 1. The molecule has 2 atom stereocenters. The first kappa shape index (κ1) is 15.9. The molecule has 2 rings (SSSR count). The van der Waals surface area contributed by atoms with Crippen LogP contribution in [0.3, 0.4) is 0 Å². The van der Waals surface area contributed by atoms with Crippen LogP contribution in [0.25, 0.3) is 0 Å². The smallest absolute Gasteiger partial charge is 0.393 e. The number of rotatable bonds is 3. The molecule has 1 aliphatic heterocycles. The van der Waals surface area contributed by atoms with Crippen LogP contribution < -0.4 is 10.2 Å². The van der Waals surface area contributed by atoms with Gasteiger partial charge in [-0.2, -0.15) is 13.2 Å². The summed E-state index contributed by atoms with van der Waals surface area (Å²) < 4.78 is 38.5. The van der Waals surface area contributed by atoms with Gasteiger partial charge in [0.1, 0.15) is 5.75 Å². The molecule has 0 bridgehead atoms. The maximum atomic E-state index is 12.8. The third-order valence-corrected chi connectivity index (χ3v) is 4.16. The molecule has 118 valence electrons. The fourth-order valence-electron chi connectivity index (χ4n) is 2.73. The Kier molecular flexibility index (Phi) is 4.66. The number of halogens is 3. The molecular weight excluding hydrogens is 281 g/mol. The van der Waals surface area contributed by atoms with Gasteiger partial charge in [-0.25, -0.2) is 0 Å². The van der Waals surface area contributed by atoms with E-state index in [0.29, 0.717) is 18.7 Å².